The topological polar surface area (TPSA) is 708 Å². The molecule has 756 valence electrons. The molecule has 0 bridgehead atoms. The number of ether oxygens (including phenoxy) is 14. The first-order chi connectivity index (χ1) is 62.1. The second kappa shape index (κ2) is 57.2. The SMILES string of the molecule is CCCCCCCCCCCCC/C=C/[C@@H](O)[C@H](CO[C@@H]1OC(CO)[C@@H](O[C@@H]2OC(CO)[C@H](O)[C@H](O[C@@H]3OC(CO)[C@@H](O[C@@H]4OC(CO)[C@H](O)[C@H](O[C@@H]5OC(CO)[C@@H](O[C@@H]6OC(CO)[C@H](O)[C@H](O[C@]7(C(=O)O)CC(O)[C@@H](NC(C)=O)C([C@H](O)[C@H](O)CO)O7)C6O)[C@H](O)C5NC(C)=O)C4O)[C@H](O)C3NC(C)=O)C2O)[C@H](O)C1O)NC(=O)CCCCCCCCCCCCCCC. The average molecular weight is 1880 g/mol. The van der Waals surface area contributed by atoms with E-state index in [2.05, 4.69) is 35.1 Å². The lowest BCUT2D eigenvalue weighted by atomic mass is 9.88. The summed E-state index contributed by atoms with van der Waals surface area (Å²) in [5.41, 5.74) is 0. The van der Waals surface area contributed by atoms with Crippen LogP contribution in [0.5, 0.6) is 0 Å². The molecule has 130 heavy (non-hydrogen) atoms. The number of nitrogens with one attached hydrogen (secondary N) is 4. The van der Waals surface area contributed by atoms with E-state index in [0.29, 0.717) is 12.8 Å². The van der Waals surface area contributed by atoms with Gasteiger partial charge in [0.05, 0.1) is 77.1 Å². The summed E-state index contributed by atoms with van der Waals surface area (Å²) >= 11 is 0. The molecule has 7 rings (SSSR count). The van der Waals surface area contributed by atoms with Gasteiger partial charge in [-0.25, -0.2) is 4.79 Å². The standard InChI is InChI=1S/C85H150N4O41/c1-6-8-10-12-14-16-18-20-22-24-26-28-30-32-47(100)46(89-56(103)33-31-29-27-25-23-21-19-17-15-13-11-9-7-2)42-117-80-67(111)66(110)73(55(41-96)123-80)126-82-69(113)76(62(106)51(37-92)119-82)128-78-58(87-44(4)98)64(108)71(53(39-94)121-78)124-81-68(112)75(61(105)50(36-91)118-81)127-79-59(88-45(5)99)65(109)72(54(40-95)122-79)125-83-70(114)77(63(107)52(38-93)120-83)130-85(84(115)116)34-48(101)57(86-43(3)97)74(129-85)60(104)49(102)35-90/h30,32,46-55,57-83,90-96,100-102,104-114H,6-29,31,33-42H2,1-5H3,(H,86,97)(H,87,98)(H,88,99)(H,89,103)(H,115,116)/b32-30+/t46-,47+,48?,49+,50?,51?,52?,53?,54?,55?,57+,58?,59?,60+,61-,62-,63-,64+,65+,66+,67?,68?,69?,70?,71+,72+,73+,74?,75-,76-,77-,78-,79-,80+,81-,82-,83-,85-/m0/s1. The first-order valence-electron chi connectivity index (χ1n) is 46.1. The van der Waals surface area contributed by atoms with Gasteiger partial charge >= 0.3 is 5.97 Å². The number of allylic oxidation sites excluding steroid dienone is 1. The molecule has 45 nitrogen and oxygen atoms in total. The van der Waals surface area contributed by atoms with E-state index in [1.807, 2.05) is 6.08 Å². The first-order valence-corrected chi connectivity index (χ1v) is 46.1. The van der Waals surface area contributed by atoms with Gasteiger partial charge < -0.3 is 200 Å². The monoisotopic (exact) mass is 1880 g/mol. The number of carbonyl (C=O) groups is 5. The Morgan fingerprint density at radius 1 is 0.400 bits per heavy atom. The normalized spacial score (nSPS) is 37.7. The van der Waals surface area contributed by atoms with Crippen molar-refractivity contribution in [2.24, 2.45) is 0 Å². The fraction of sp³-hybridized carbons (Fsp3) is 0.918. The van der Waals surface area contributed by atoms with Gasteiger partial charge in [0.15, 0.2) is 37.7 Å². The molecule has 7 saturated heterocycles. The van der Waals surface area contributed by atoms with Crippen molar-refractivity contribution in [3.63, 3.8) is 0 Å². The molecule has 0 aromatic rings. The van der Waals surface area contributed by atoms with Crippen molar-refractivity contribution in [3.05, 3.63) is 12.2 Å². The zero-order valence-electron chi connectivity index (χ0n) is 74.9. The van der Waals surface area contributed by atoms with Crippen LogP contribution in [0, 0.1) is 0 Å². The van der Waals surface area contributed by atoms with Gasteiger partial charge in [-0.15, -0.1) is 0 Å². The lowest BCUT2D eigenvalue weighted by molar-refractivity contribution is -0.391. The summed E-state index contributed by atoms with van der Waals surface area (Å²) in [6.45, 7) is -1.01. The summed E-state index contributed by atoms with van der Waals surface area (Å²) in [5, 5.41) is 258. The molecule has 0 aromatic carbocycles. The highest BCUT2D eigenvalue weighted by Gasteiger charge is 2.63. The van der Waals surface area contributed by atoms with Gasteiger partial charge in [0.25, 0.3) is 5.79 Å². The zero-order chi connectivity index (χ0) is 95.6. The number of amides is 4. The van der Waals surface area contributed by atoms with E-state index < -0.39 is 315 Å². The molecule has 26 N–H and O–H groups in total. The van der Waals surface area contributed by atoms with Crippen molar-refractivity contribution in [2.75, 3.05) is 52.9 Å². The van der Waals surface area contributed by atoms with Crippen LogP contribution in [-0.4, -0.2) is 427 Å². The van der Waals surface area contributed by atoms with Gasteiger partial charge in [-0.05, 0) is 19.3 Å². The smallest absolute Gasteiger partial charge is 0.364 e. The third-order valence-corrected chi connectivity index (χ3v) is 24.7. The Balaban J connectivity index is 1.01. The molecule has 7 heterocycles. The lowest BCUT2D eigenvalue weighted by Gasteiger charge is -2.51. The molecule has 0 spiro atoms. The number of aliphatic hydroxyl groups excluding tert-OH is 21. The molecular weight excluding hydrogens is 1730 g/mol. The maximum atomic E-state index is 13.6. The molecule has 0 radical (unpaired) electrons. The Morgan fingerprint density at radius 2 is 0.746 bits per heavy atom. The van der Waals surface area contributed by atoms with E-state index in [1.54, 1.807) is 6.08 Å². The molecule has 4 amide bonds. The number of carboxylic acid groups (broad SMARTS) is 1. The van der Waals surface area contributed by atoms with E-state index in [-0.39, 0.29) is 12.3 Å². The molecule has 7 aliphatic rings. The number of hydrogen-bond acceptors (Lipinski definition) is 40. The third-order valence-electron chi connectivity index (χ3n) is 24.7. The van der Waals surface area contributed by atoms with Crippen LogP contribution in [0.1, 0.15) is 208 Å². The molecule has 0 aromatic heterocycles. The van der Waals surface area contributed by atoms with E-state index in [4.69, 9.17) is 66.3 Å². The number of carbonyl (C=O) groups excluding carboxylic acids is 4. The van der Waals surface area contributed by atoms with Crippen molar-refractivity contribution in [3.8, 4) is 0 Å². The number of aliphatic carboxylic acids is 1. The molecule has 45 heteroatoms. The minimum atomic E-state index is -3.25. The van der Waals surface area contributed by atoms with Crippen LogP contribution in [-0.2, 0) is 90.3 Å². The predicted octanol–water partition coefficient (Wildman–Crippen LogP) is -6.03. The van der Waals surface area contributed by atoms with Gasteiger partial charge in [-0.1, -0.05) is 167 Å². The summed E-state index contributed by atoms with van der Waals surface area (Å²) in [6.07, 6.45) is -37.9. The molecule has 7 fully saturated rings. The van der Waals surface area contributed by atoms with Crippen LogP contribution in [0.3, 0.4) is 0 Å². The van der Waals surface area contributed by atoms with E-state index in [9.17, 15) is 136 Å². The quantitative estimate of drug-likeness (QED) is 0.0199. The molecule has 0 aliphatic carbocycles. The highest BCUT2D eigenvalue weighted by molar-refractivity contribution is 5.77. The largest absolute Gasteiger partial charge is 0.477 e. The number of carboxylic acids is 1. The van der Waals surface area contributed by atoms with Gasteiger partial charge in [-0.3, -0.25) is 19.2 Å². The Morgan fingerprint density at radius 3 is 1.13 bits per heavy atom. The Kier molecular flexibility index (Phi) is 49.5. The maximum Gasteiger partial charge on any atom is 0.364 e. The zero-order valence-corrected chi connectivity index (χ0v) is 74.9. The fourth-order valence-corrected chi connectivity index (χ4v) is 17.3. The Bertz CT molecular complexity index is 3260. The van der Waals surface area contributed by atoms with Crippen molar-refractivity contribution in [1.82, 2.24) is 21.3 Å². The number of aliphatic hydroxyl groups is 21. The summed E-state index contributed by atoms with van der Waals surface area (Å²) in [5.74, 6) is -8.44. The second-order valence-corrected chi connectivity index (χ2v) is 34.9. The average Bonchev–Trinajstić information content (AvgIpc) is 0.745. The molecule has 7 aliphatic heterocycles. The van der Waals surface area contributed by atoms with Gasteiger partial charge in [0, 0.05) is 33.6 Å². The van der Waals surface area contributed by atoms with Crippen molar-refractivity contribution >= 4 is 29.6 Å². The van der Waals surface area contributed by atoms with Crippen LogP contribution >= 0.6 is 0 Å². The molecule has 14 unspecified atom stereocenters. The Hall–Kier alpha value is -4.31. The van der Waals surface area contributed by atoms with E-state index >= 15 is 0 Å². The minimum absolute atomic E-state index is 0.152. The highest BCUT2D eigenvalue weighted by atomic mass is 16.8. The van der Waals surface area contributed by atoms with Gasteiger partial charge in [-0.2, -0.15) is 0 Å². The summed E-state index contributed by atoms with van der Waals surface area (Å²) in [7, 11) is 0. The molecular formula is C85H150N4O41. The van der Waals surface area contributed by atoms with Crippen molar-refractivity contribution in [1.29, 1.82) is 0 Å². The number of unbranched alkanes of at least 4 members (excludes halogenated alkanes) is 23. The van der Waals surface area contributed by atoms with Crippen LogP contribution in [0.2, 0.25) is 0 Å². The minimum Gasteiger partial charge on any atom is -0.477 e. The van der Waals surface area contributed by atoms with Gasteiger partial charge in [0.1, 0.15) is 165 Å². The molecule has 38 atom stereocenters. The highest BCUT2D eigenvalue weighted by Crippen LogP contribution is 2.42. The fourth-order valence-electron chi connectivity index (χ4n) is 17.3. The van der Waals surface area contributed by atoms with Crippen LogP contribution in [0.15, 0.2) is 12.2 Å². The lowest BCUT2D eigenvalue weighted by Crippen LogP contribution is -2.71. The van der Waals surface area contributed by atoms with Crippen LogP contribution < -0.4 is 21.3 Å². The maximum absolute atomic E-state index is 13.6. The second-order valence-electron chi connectivity index (χ2n) is 34.9. The number of rotatable bonds is 57. The van der Waals surface area contributed by atoms with E-state index in [1.165, 1.54) is 89.9 Å². The third kappa shape index (κ3) is 31.9. The van der Waals surface area contributed by atoms with Crippen molar-refractivity contribution < 1.29 is 203 Å². The summed E-state index contributed by atoms with van der Waals surface area (Å²) in [4.78, 5) is 65.0. The molecule has 0 saturated carbocycles. The Labute approximate surface area is 756 Å². The van der Waals surface area contributed by atoms with E-state index in [0.717, 1.165) is 78.6 Å². The van der Waals surface area contributed by atoms with Crippen molar-refractivity contribution in [2.45, 2.75) is 440 Å². The summed E-state index contributed by atoms with van der Waals surface area (Å²) < 4.78 is 82.9. The summed E-state index contributed by atoms with van der Waals surface area (Å²) in [6, 6.07) is -6.68. The predicted molar refractivity (Wildman–Crippen MR) is 446 cm³/mol. The van der Waals surface area contributed by atoms with Crippen LogP contribution in [0.25, 0.3) is 0 Å². The number of hydrogen-bond donors (Lipinski definition) is 26. The van der Waals surface area contributed by atoms with Crippen LogP contribution in [0.4, 0.5) is 0 Å². The first kappa shape index (κ1) is 113. The van der Waals surface area contributed by atoms with Gasteiger partial charge in [0.2, 0.25) is 23.6 Å².